The van der Waals surface area contributed by atoms with Crippen molar-refractivity contribution in [2.45, 2.75) is 6.23 Å². The van der Waals surface area contributed by atoms with E-state index in [1.54, 1.807) is 13.2 Å². The zero-order chi connectivity index (χ0) is 17.2. The average Bonchev–Trinajstić information content (AvgIpc) is 3.31. The van der Waals surface area contributed by atoms with Crippen molar-refractivity contribution in [2.24, 2.45) is 0 Å². The number of hydrogen-bond acceptors (Lipinski definition) is 3. The van der Waals surface area contributed by atoms with Crippen molar-refractivity contribution in [3.8, 4) is 11.4 Å². The van der Waals surface area contributed by atoms with Crippen LogP contribution in [0.3, 0.4) is 0 Å². The van der Waals surface area contributed by atoms with Crippen LogP contribution in [0.4, 0.5) is 10.1 Å². The molecule has 5 heteroatoms. The summed E-state index contributed by atoms with van der Waals surface area (Å²) < 4.78 is 26.5. The first kappa shape index (κ1) is 15.7. The maximum Gasteiger partial charge on any atom is 0.158 e. The first-order valence-corrected chi connectivity index (χ1v) is 8.21. The van der Waals surface area contributed by atoms with Crippen molar-refractivity contribution in [1.82, 2.24) is 4.57 Å². The van der Waals surface area contributed by atoms with Gasteiger partial charge in [-0.25, -0.2) is 4.39 Å². The zero-order valence-electron chi connectivity index (χ0n) is 13.9. The molecule has 0 spiro atoms. The normalized spacial score (nSPS) is 17.0. The summed E-state index contributed by atoms with van der Waals surface area (Å²) >= 11 is 0. The van der Waals surface area contributed by atoms with Gasteiger partial charge in [0.25, 0.3) is 0 Å². The third-order valence-electron chi connectivity index (χ3n) is 4.40. The van der Waals surface area contributed by atoms with Gasteiger partial charge in [0.15, 0.2) is 6.23 Å². The molecule has 25 heavy (non-hydrogen) atoms. The summed E-state index contributed by atoms with van der Waals surface area (Å²) in [7, 11) is 1.66. The fourth-order valence-electron chi connectivity index (χ4n) is 3.14. The van der Waals surface area contributed by atoms with Crippen molar-refractivity contribution in [3.63, 3.8) is 0 Å². The summed E-state index contributed by atoms with van der Waals surface area (Å²) in [5.74, 6) is 0.586. The molecule has 1 aromatic heterocycles. The molecule has 0 saturated carbocycles. The Bertz CT molecular complexity index is 860. The van der Waals surface area contributed by atoms with Gasteiger partial charge in [-0.2, -0.15) is 0 Å². The van der Waals surface area contributed by atoms with Crippen molar-refractivity contribution >= 4 is 5.69 Å². The highest BCUT2D eigenvalue weighted by Gasteiger charge is 2.28. The summed E-state index contributed by atoms with van der Waals surface area (Å²) in [5, 5.41) is 0. The van der Waals surface area contributed by atoms with Crippen LogP contribution in [0.2, 0.25) is 0 Å². The lowest BCUT2D eigenvalue weighted by molar-refractivity contribution is 0.114. The van der Waals surface area contributed by atoms with E-state index in [4.69, 9.17) is 9.47 Å². The van der Waals surface area contributed by atoms with Crippen molar-refractivity contribution in [3.05, 3.63) is 78.4 Å². The quantitative estimate of drug-likeness (QED) is 0.715. The van der Waals surface area contributed by atoms with Crippen LogP contribution in [0.15, 0.2) is 67.0 Å². The Morgan fingerprint density at radius 3 is 2.68 bits per heavy atom. The highest BCUT2D eigenvalue weighted by atomic mass is 19.1. The number of halogens is 1. The van der Waals surface area contributed by atoms with Gasteiger partial charge in [0.1, 0.15) is 11.6 Å². The Hall–Kier alpha value is -2.79. The van der Waals surface area contributed by atoms with Gasteiger partial charge in [-0.15, -0.1) is 0 Å². The average molecular weight is 338 g/mol. The molecule has 1 atom stereocenters. The van der Waals surface area contributed by atoms with E-state index in [1.807, 2.05) is 53.4 Å². The second-order valence-electron chi connectivity index (χ2n) is 5.95. The van der Waals surface area contributed by atoms with E-state index in [1.165, 1.54) is 12.1 Å². The standard InChI is InChI=1S/C20H19FN2O2/c1-24-19-7-5-17(6-8-19)23-11-12-25-20(23)15-9-10-22(14-15)18-4-2-3-16(21)13-18/h2-10,13-14,20H,11-12H2,1H3. The lowest BCUT2D eigenvalue weighted by Crippen LogP contribution is -2.22. The Kier molecular flexibility index (Phi) is 4.15. The van der Waals surface area contributed by atoms with Crippen LogP contribution >= 0.6 is 0 Å². The molecule has 0 bridgehead atoms. The Morgan fingerprint density at radius 2 is 1.92 bits per heavy atom. The first-order chi connectivity index (χ1) is 12.2. The summed E-state index contributed by atoms with van der Waals surface area (Å²) in [4.78, 5) is 2.21. The molecule has 1 saturated heterocycles. The van der Waals surface area contributed by atoms with Crippen LogP contribution in [0, 0.1) is 5.82 Å². The van der Waals surface area contributed by atoms with Crippen molar-refractivity contribution in [2.75, 3.05) is 25.2 Å². The fraction of sp³-hybridized carbons (Fsp3) is 0.200. The summed E-state index contributed by atoms with van der Waals surface area (Å²) in [6.07, 6.45) is 3.77. The fourth-order valence-corrected chi connectivity index (χ4v) is 3.14. The Balaban J connectivity index is 1.60. The second-order valence-corrected chi connectivity index (χ2v) is 5.95. The van der Waals surface area contributed by atoms with Crippen LogP contribution in [0.5, 0.6) is 5.75 Å². The van der Waals surface area contributed by atoms with E-state index >= 15 is 0 Å². The van der Waals surface area contributed by atoms with E-state index in [9.17, 15) is 4.39 Å². The van der Waals surface area contributed by atoms with Gasteiger partial charge < -0.3 is 18.9 Å². The minimum Gasteiger partial charge on any atom is -0.497 e. The van der Waals surface area contributed by atoms with Gasteiger partial charge in [-0.05, 0) is 48.5 Å². The minimum absolute atomic E-state index is 0.150. The molecule has 4 rings (SSSR count). The van der Waals surface area contributed by atoms with E-state index in [2.05, 4.69) is 4.90 Å². The minimum atomic E-state index is -0.246. The molecule has 1 aliphatic rings. The molecule has 4 nitrogen and oxygen atoms in total. The topological polar surface area (TPSA) is 26.6 Å². The van der Waals surface area contributed by atoms with Gasteiger partial charge in [0.2, 0.25) is 0 Å². The Labute approximate surface area is 146 Å². The lowest BCUT2D eigenvalue weighted by atomic mass is 10.2. The molecule has 0 N–H and O–H groups in total. The predicted molar refractivity (Wildman–Crippen MR) is 94.8 cm³/mol. The molecule has 0 amide bonds. The molecule has 2 heterocycles. The first-order valence-electron chi connectivity index (χ1n) is 8.21. The SMILES string of the molecule is COc1ccc(N2CCOC2c2ccn(-c3cccc(F)c3)c2)cc1. The molecule has 0 radical (unpaired) electrons. The molecular weight excluding hydrogens is 319 g/mol. The van der Waals surface area contributed by atoms with E-state index in [0.29, 0.717) is 6.61 Å². The highest BCUT2D eigenvalue weighted by molar-refractivity contribution is 5.51. The molecule has 2 aromatic carbocycles. The molecule has 3 aromatic rings. The van der Waals surface area contributed by atoms with Crippen molar-refractivity contribution < 1.29 is 13.9 Å². The maximum atomic E-state index is 13.4. The van der Waals surface area contributed by atoms with Gasteiger partial charge in [-0.3, -0.25) is 0 Å². The smallest absolute Gasteiger partial charge is 0.158 e. The van der Waals surface area contributed by atoms with Gasteiger partial charge in [0.05, 0.1) is 13.7 Å². The lowest BCUT2D eigenvalue weighted by Gasteiger charge is -2.24. The van der Waals surface area contributed by atoms with Crippen LogP contribution < -0.4 is 9.64 Å². The van der Waals surface area contributed by atoms with Gasteiger partial charge in [0, 0.05) is 35.9 Å². The molecule has 128 valence electrons. The van der Waals surface area contributed by atoms with Crippen LogP contribution in [0.1, 0.15) is 11.8 Å². The van der Waals surface area contributed by atoms with Crippen LogP contribution in [-0.4, -0.2) is 24.8 Å². The number of hydrogen-bond donors (Lipinski definition) is 0. The Morgan fingerprint density at radius 1 is 1.08 bits per heavy atom. The number of rotatable bonds is 4. The van der Waals surface area contributed by atoms with Crippen molar-refractivity contribution in [1.29, 1.82) is 0 Å². The van der Waals surface area contributed by atoms with Crippen LogP contribution in [-0.2, 0) is 4.74 Å². The molecular formula is C20H19FN2O2. The molecule has 1 unspecified atom stereocenters. The summed E-state index contributed by atoms with van der Waals surface area (Å²) in [6, 6.07) is 16.5. The third-order valence-corrected chi connectivity index (χ3v) is 4.40. The number of nitrogens with zero attached hydrogens (tertiary/aromatic N) is 2. The third kappa shape index (κ3) is 3.10. The largest absolute Gasteiger partial charge is 0.497 e. The maximum absolute atomic E-state index is 13.4. The van der Waals surface area contributed by atoms with Gasteiger partial charge in [-0.1, -0.05) is 6.07 Å². The van der Waals surface area contributed by atoms with E-state index in [-0.39, 0.29) is 12.0 Å². The number of aromatic nitrogens is 1. The van der Waals surface area contributed by atoms with E-state index in [0.717, 1.165) is 29.2 Å². The monoisotopic (exact) mass is 338 g/mol. The molecule has 1 fully saturated rings. The van der Waals surface area contributed by atoms with Crippen LogP contribution in [0.25, 0.3) is 5.69 Å². The summed E-state index contributed by atoms with van der Waals surface area (Å²) in [5.41, 5.74) is 2.92. The number of methoxy groups -OCH3 is 1. The molecule has 0 aliphatic carbocycles. The zero-order valence-corrected chi connectivity index (χ0v) is 13.9. The number of benzene rings is 2. The number of ether oxygens (including phenoxy) is 2. The van der Waals surface area contributed by atoms with Gasteiger partial charge >= 0.3 is 0 Å². The second kappa shape index (κ2) is 6.61. The molecule has 1 aliphatic heterocycles. The predicted octanol–water partition coefficient (Wildman–Crippen LogP) is 4.16. The highest BCUT2D eigenvalue weighted by Crippen LogP contribution is 2.33. The summed E-state index contributed by atoms with van der Waals surface area (Å²) in [6.45, 7) is 1.49. The van der Waals surface area contributed by atoms with E-state index < -0.39 is 0 Å². The number of anilines is 1.